The van der Waals surface area contributed by atoms with Crippen LogP contribution >= 0.6 is 0 Å². The van der Waals surface area contributed by atoms with Crippen molar-refractivity contribution in [2.24, 2.45) is 11.7 Å². The Morgan fingerprint density at radius 3 is 2.30 bits per heavy atom. The van der Waals surface area contributed by atoms with E-state index in [9.17, 15) is 8.42 Å². The molecule has 5 nitrogen and oxygen atoms in total. The summed E-state index contributed by atoms with van der Waals surface area (Å²) in [5.41, 5.74) is 7.01. The molecule has 0 bridgehead atoms. The van der Waals surface area contributed by atoms with E-state index in [2.05, 4.69) is 0 Å². The molecule has 112 valence electrons. The predicted octanol–water partition coefficient (Wildman–Crippen LogP) is 0.716. The summed E-state index contributed by atoms with van der Waals surface area (Å²) in [5, 5.41) is 0. The number of sulfonamides is 1. The van der Waals surface area contributed by atoms with Gasteiger partial charge in [0.15, 0.2) is 0 Å². The molecule has 2 rings (SSSR count). The topological polar surface area (TPSA) is 66.6 Å². The summed E-state index contributed by atoms with van der Waals surface area (Å²) in [6, 6.07) is 7.03. The highest BCUT2D eigenvalue weighted by Gasteiger charge is 2.35. The minimum Gasteiger partial charge on any atom is -0.326 e. The molecule has 0 aromatic heterocycles. The maximum atomic E-state index is 12.5. The van der Waals surface area contributed by atoms with Gasteiger partial charge in [-0.2, -0.15) is 4.31 Å². The van der Waals surface area contributed by atoms with Gasteiger partial charge in [0.05, 0.1) is 4.90 Å². The minimum absolute atomic E-state index is 0.0715. The molecule has 0 aliphatic carbocycles. The molecule has 20 heavy (non-hydrogen) atoms. The Balaban J connectivity index is 2.18. The van der Waals surface area contributed by atoms with Crippen LogP contribution in [0.4, 0.5) is 0 Å². The van der Waals surface area contributed by atoms with E-state index >= 15 is 0 Å². The Kier molecular flexibility index (Phi) is 4.49. The van der Waals surface area contributed by atoms with E-state index in [0.29, 0.717) is 18.0 Å². The lowest BCUT2D eigenvalue weighted by Gasteiger charge is -2.16. The number of nitrogens with zero attached hydrogens (tertiary/aromatic N) is 2. The highest BCUT2D eigenvalue weighted by Crippen LogP contribution is 2.23. The van der Waals surface area contributed by atoms with Crippen LogP contribution in [-0.4, -0.2) is 50.8 Å². The van der Waals surface area contributed by atoms with Crippen molar-refractivity contribution in [2.75, 3.05) is 27.2 Å². The first kappa shape index (κ1) is 15.4. The number of hydrogen-bond acceptors (Lipinski definition) is 4. The maximum absolute atomic E-state index is 12.5. The second-order valence-electron chi connectivity index (χ2n) is 5.84. The summed E-state index contributed by atoms with van der Waals surface area (Å²) in [6.07, 6.45) is 0. The molecule has 1 fully saturated rings. The van der Waals surface area contributed by atoms with Gasteiger partial charge in [0, 0.05) is 25.7 Å². The zero-order valence-corrected chi connectivity index (χ0v) is 13.1. The number of rotatable bonds is 4. The van der Waals surface area contributed by atoms with Gasteiger partial charge in [0.1, 0.15) is 0 Å². The van der Waals surface area contributed by atoms with Crippen molar-refractivity contribution in [3.8, 4) is 0 Å². The molecule has 1 aliphatic rings. The van der Waals surface area contributed by atoms with Gasteiger partial charge in [-0.3, -0.25) is 0 Å². The van der Waals surface area contributed by atoms with Gasteiger partial charge < -0.3 is 10.6 Å². The summed E-state index contributed by atoms with van der Waals surface area (Å²) in [4.78, 5) is 2.39. The average Bonchev–Trinajstić information content (AvgIpc) is 2.70. The lowest BCUT2D eigenvalue weighted by Crippen LogP contribution is -2.32. The normalized spacial score (nSPS) is 24.4. The lowest BCUT2D eigenvalue weighted by atomic mass is 10.1. The summed E-state index contributed by atoms with van der Waals surface area (Å²) >= 11 is 0. The number of hydrogen-bond donors (Lipinski definition) is 1. The second kappa shape index (κ2) is 5.81. The molecule has 2 atom stereocenters. The standard InChI is InChI=1S/C14H23N3O2S/c1-11-8-17(10-14(11)15)20(18,19)13-6-4-12(5-7-13)9-16(2)3/h4-7,11,14H,8-10,15H2,1-3H3. The summed E-state index contributed by atoms with van der Waals surface area (Å²) in [5.74, 6) is 0.206. The monoisotopic (exact) mass is 297 g/mol. The second-order valence-corrected chi connectivity index (χ2v) is 7.78. The quantitative estimate of drug-likeness (QED) is 0.889. The molecule has 0 radical (unpaired) electrons. The molecule has 1 saturated heterocycles. The molecule has 2 N–H and O–H groups in total. The van der Waals surface area contributed by atoms with Crippen LogP contribution in [0.3, 0.4) is 0 Å². The van der Waals surface area contributed by atoms with Gasteiger partial charge in [0.25, 0.3) is 0 Å². The summed E-state index contributed by atoms with van der Waals surface area (Å²) in [6.45, 7) is 3.69. The van der Waals surface area contributed by atoms with Gasteiger partial charge in [-0.15, -0.1) is 0 Å². The van der Waals surface area contributed by atoms with Crippen LogP contribution < -0.4 is 5.73 Å². The van der Waals surface area contributed by atoms with Gasteiger partial charge in [-0.25, -0.2) is 8.42 Å². The van der Waals surface area contributed by atoms with Crippen LogP contribution in [0.1, 0.15) is 12.5 Å². The van der Waals surface area contributed by atoms with Crippen LogP contribution in [0.15, 0.2) is 29.2 Å². The SMILES string of the molecule is CC1CN(S(=O)(=O)c2ccc(CN(C)C)cc2)CC1N. The Labute approximate surface area is 121 Å². The van der Waals surface area contributed by atoms with Crippen LogP contribution in [0.5, 0.6) is 0 Å². The van der Waals surface area contributed by atoms with Crippen molar-refractivity contribution in [1.82, 2.24) is 9.21 Å². The Morgan fingerprint density at radius 1 is 1.25 bits per heavy atom. The highest BCUT2D eigenvalue weighted by atomic mass is 32.2. The molecule has 1 heterocycles. The maximum Gasteiger partial charge on any atom is 0.243 e. The zero-order chi connectivity index (χ0) is 14.9. The largest absolute Gasteiger partial charge is 0.326 e. The van der Waals surface area contributed by atoms with Crippen LogP contribution in [-0.2, 0) is 16.6 Å². The fourth-order valence-corrected chi connectivity index (χ4v) is 4.00. The van der Waals surface area contributed by atoms with E-state index in [4.69, 9.17) is 5.73 Å². The number of benzene rings is 1. The number of nitrogens with two attached hydrogens (primary N) is 1. The van der Waals surface area contributed by atoms with Crippen molar-refractivity contribution in [3.63, 3.8) is 0 Å². The molecule has 1 aromatic rings. The van der Waals surface area contributed by atoms with Gasteiger partial charge >= 0.3 is 0 Å². The summed E-state index contributed by atoms with van der Waals surface area (Å²) in [7, 11) is 0.558. The van der Waals surface area contributed by atoms with Crippen LogP contribution in [0.25, 0.3) is 0 Å². The first-order valence-corrected chi connectivity index (χ1v) is 8.24. The van der Waals surface area contributed by atoms with Crippen molar-refractivity contribution >= 4 is 10.0 Å². The van der Waals surface area contributed by atoms with E-state index < -0.39 is 10.0 Å². The Hall–Kier alpha value is -0.950. The van der Waals surface area contributed by atoms with E-state index in [1.165, 1.54) is 4.31 Å². The van der Waals surface area contributed by atoms with Crippen LogP contribution in [0, 0.1) is 5.92 Å². The highest BCUT2D eigenvalue weighted by molar-refractivity contribution is 7.89. The van der Waals surface area contributed by atoms with E-state index in [1.54, 1.807) is 12.1 Å². The van der Waals surface area contributed by atoms with Crippen LogP contribution in [0.2, 0.25) is 0 Å². The van der Waals surface area contributed by atoms with E-state index in [-0.39, 0.29) is 12.0 Å². The Morgan fingerprint density at radius 2 is 1.85 bits per heavy atom. The molecular weight excluding hydrogens is 274 g/mol. The fourth-order valence-electron chi connectivity index (χ4n) is 2.42. The molecule has 1 aromatic carbocycles. The lowest BCUT2D eigenvalue weighted by molar-refractivity contribution is 0.402. The van der Waals surface area contributed by atoms with Gasteiger partial charge in [0.2, 0.25) is 10.0 Å². The molecule has 0 amide bonds. The average molecular weight is 297 g/mol. The third-order valence-electron chi connectivity index (χ3n) is 3.70. The Bertz CT molecular complexity index is 544. The molecular formula is C14H23N3O2S. The van der Waals surface area contributed by atoms with Gasteiger partial charge in [-0.1, -0.05) is 19.1 Å². The molecule has 1 aliphatic heterocycles. The van der Waals surface area contributed by atoms with Gasteiger partial charge in [-0.05, 0) is 37.7 Å². The molecule has 0 saturated carbocycles. The molecule has 6 heteroatoms. The van der Waals surface area contributed by atoms with Crippen molar-refractivity contribution in [1.29, 1.82) is 0 Å². The molecule has 0 spiro atoms. The van der Waals surface area contributed by atoms with E-state index in [0.717, 1.165) is 12.1 Å². The first-order valence-electron chi connectivity index (χ1n) is 6.80. The fraction of sp³-hybridized carbons (Fsp3) is 0.571. The van der Waals surface area contributed by atoms with Crippen molar-refractivity contribution in [3.05, 3.63) is 29.8 Å². The van der Waals surface area contributed by atoms with Crippen molar-refractivity contribution in [2.45, 2.75) is 24.4 Å². The third-order valence-corrected chi connectivity index (χ3v) is 5.54. The van der Waals surface area contributed by atoms with E-state index in [1.807, 2.05) is 38.1 Å². The summed E-state index contributed by atoms with van der Waals surface area (Å²) < 4.78 is 26.5. The third kappa shape index (κ3) is 3.20. The predicted molar refractivity (Wildman–Crippen MR) is 79.7 cm³/mol. The zero-order valence-electron chi connectivity index (χ0n) is 12.3. The first-order chi connectivity index (χ1) is 9.30. The molecule has 2 unspecified atom stereocenters. The smallest absolute Gasteiger partial charge is 0.243 e. The van der Waals surface area contributed by atoms with Crippen molar-refractivity contribution < 1.29 is 8.42 Å². The minimum atomic E-state index is -3.41.